The minimum Gasteiger partial charge on any atom is -0.155 e. The standard InChI is InChI=1S/C13H15BrN2/c1-3-10(14)8-13-12-7-5-4-6-11(12)9(2)15-16-13/h4-7,10H,3,8H2,1-2H3. The van der Waals surface area contributed by atoms with Crippen LogP contribution in [0.4, 0.5) is 0 Å². The van der Waals surface area contributed by atoms with Crippen molar-refractivity contribution in [2.75, 3.05) is 0 Å². The average Bonchev–Trinajstić information content (AvgIpc) is 2.33. The summed E-state index contributed by atoms with van der Waals surface area (Å²) in [5, 5.41) is 11.0. The Balaban J connectivity index is 2.50. The van der Waals surface area contributed by atoms with Crippen LogP contribution in [0.2, 0.25) is 0 Å². The van der Waals surface area contributed by atoms with E-state index in [2.05, 4.69) is 51.3 Å². The number of benzene rings is 1. The van der Waals surface area contributed by atoms with Crippen LogP contribution in [0.3, 0.4) is 0 Å². The van der Waals surface area contributed by atoms with Crippen molar-refractivity contribution in [3.8, 4) is 0 Å². The molecule has 2 aromatic rings. The van der Waals surface area contributed by atoms with Gasteiger partial charge >= 0.3 is 0 Å². The van der Waals surface area contributed by atoms with Gasteiger partial charge in [-0.3, -0.25) is 0 Å². The smallest absolute Gasteiger partial charge is 0.0720 e. The summed E-state index contributed by atoms with van der Waals surface area (Å²) in [4.78, 5) is 0.480. The monoisotopic (exact) mass is 278 g/mol. The van der Waals surface area contributed by atoms with Gasteiger partial charge < -0.3 is 0 Å². The molecule has 2 nitrogen and oxygen atoms in total. The second-order valence-electron chi connectivity index (χ2n) is 3.99. The van der Waals surface area contributed by atoms with Crippen LogP contribution in [-0.2, 0) is 6.42 Å². The Morgan fingerprint density at radius 2 is 1.88 bits per heavy atom. The van der Waals surface area contributed by atoms with E-state index in [0.29, 0.717) is 4.83 Å². The summed E-state index contributed by atoms with van der Waals surface area (Å²) in [5.74, 6) is 0. The van der Waals surface area contributed by atoms with Gasteiger partial charge in [0.2, 0.25) is 0 Å². The maximum atomic E-state index is 4.31. The number of hydrogen-bond acceptors (Lipinski definition) is 2. The predicted molar refractivity (Wildman–Crippen MR) is 71.0 cm³/mol. The lowest BCUT2D eigenvalue weighted by Crippen LogP contribution is -2.05. The van der Waals surface area contributed by atoms with Gasteiger partial charge in [0, 0.05) is 22.0 Å². The number of halogens is 1. The first-order chi connectivity index (χ1) is 7.72. The first-order valence-electron chi connectivity index (χ1n) is 5.57. The maximum Gasteiger partial charge on any atom is 0.0720 e. The van der Waals surface area contributed by atoms with E-state index >= 15 is 0 Å². The Kier molecular flexibility index (Phi) is 3.54. The van der Waals surface area contributed by atoms with Gasteiger partial charge in [0.1, 0.15) is 0 Å². The SMILES string of the molecule is CCC(Br)Cc1nnc(C)c2ccccc12. The summed E-state index contributed by atoms with van der Waals surface area (Å²) < 4.78 is 0. The second-order valence-corrected chi connectivity index (χ2v) is 5.28. The van der Waals surface area contributed by atoms with Gasteiger partial charge in [-0.1, -0.05) is 47.1 Å². The average molecular weight is 279 g/mol. The van der Waals surface area contributed by atoms with Gasteiger partial charge in [-0.15, -0.1) is 0 Å². The van der Waals surface area contributed by atoms with Gasteiger partial charge in [-0.25, -0.2) is 0 Å². The second kappa shape index (κ2) is 4.91. The fraction of sp³-hybridized carbons (Fsp3) is 0.385. The van der Waals surface area contributed by atoms with Crippen molar-refractivity contribution in [3.63, 3.8) is 0 Å². The highest BCUT2D eigenvalue weighted by Crippen LogP contribution is 2.21. The molecular formula is C13H15BrN2. The lowest BCUT2D eigenvalue weighted by Gasteiger charge is -2.09. The van der Waals surface area contributed by atoms with Gasteiger partial charge in [0.15, 0.2) is 0 Å². The van der Waals surface area contributed by atoms with Crippen molar-refractivity contribution in [2.24, 2.45) is 0 Å². The number of rotatable bonds is 3. The summed E-state index contributed by atoms with van der Waals surface area (Å²) in [7, 11) is 0. The van der Waals surface area contributed by atoms with Gasteiger partial charge in [-0.05, 0) is 13.3 Å². The summed E-state index contributed by atoms with van der Waals surface area (Å²) >= 11 is 3.65. The van der Waals surface area contributed by atoms with Gasteiger partial charge in [-0.2, -0.15) is 10.2 Å². The third-order valence-corrected chi connectivity index (χ3v) is 3.78. The van der Waals surface area contributed by atoms with E-state index in [0.717, 1.165) is 24.2 Å². The van der Waals surface area contributed by atoms with Crippen molar-refractivity contribution in [3.05, 3.63) is 35.7 Å². The maximum absolute atomic E-state index is 4.31. The molecule has 0 aliphatic heterocycles. The van der Waals surface area contributed by atoms with Gasteiger partial charge in [0.25, 0.3) is 0 Å². The molecule has 0 bridgehead atoms. The summed E-state index contributed by atoms with van der Waals surface area (Å²) in [6.07, 6.45) is 2.04. The minimum absolute atomic E-state index is 0.480. The number of alkyl halides is 1. The summed E-state index contributed by atoms with van der Waals surface area (Å²) in [6, 6.07) is 8.34. The van der Waals surface area contributed by atoms with Crippen LogP contribution < -0.4 is 0 Å². The van der Waals surface area contributed by atoms with E-state index in [1.807, 2.05) is 13.0 Å². The molecule has 16 heavy (non-hydrogen) atoms. The molecule has 1 heterocycles. The van der Waals surface area contributed by atoms with E-state index in [1.165, 1.54) is 10.8 Å². The first-order valence-corrected chi connectivity index (χ1v) is 6.49. The fourth-order valence-corrected chi connectivity index (χ4v) is 2.10. The number of nitrogens with zero attached hydrogens (tertiary/aromatic N) is 2. The van der Waals surface area contributed by atoms with Crippen LogP contribution in [0, 0.1) is 6.92 Å². The van der Waals surface area contributed by atoms with Crippen molar-refractivity contribution in [2.45, 2.75) is 31.5 Å². The van der Waals surface area contributed by atoms with Crippen LogP contribution >= 0.6 is 15.9 Å². The lowest BCUT2D eigenvalue weighted by molar-refractivity contribution is 0.792. The van der Waals surface area contributed by atoms with E-state index in [4.69, 9.17) is 0 Å². The third-order valence-electron chi connectivity index (χ3n) is 2.81. The number of aryl methyl sites for hydroxylation is 1. The largest absolute Gasteiger partial charge is 0.155 e. The third kappa shape index (κ3) is 2.24. The molecule has 1 atom stereocenters. The molecule has 0 aliphatic rings. The fourth-order valence-electron chi connectivity index (χ4n) is 1.80. The van der Waals surface area contributed by atoms with Crippen LogP contribution in [0.25, 0.3) is 10.8 Å². The molecule has 0 aliphatic carbocycles. The summed E-state index contributed by atoms with van der Waals surface area (Å²) in [5.41, 5.74) is 2.09. The van der Waals surface area contributed by atoms with Crippen LogP contribution in [0.5, 0.6) is 0 Å². The predicted octanol–water partition coefficient (Wildman–Crippen LogP) is 3.65. The number of fused-ring (bicyclic) bond motifs is 1. The zero-order valence-corrected chi connectivity index (χ0v) is 11.2. The zero-order valence-electron chi connectivity index (χ0n) is 9.57. The summed E-state index contributed by atoms with van der Waals surface area (Å²) in [6.45, 7) is 4.17. The highest BCUT2D eigenvalue weighted by atomic mass is 79.9. The van der Waals surface area contributed by atoms with Crippen LogP contribution in [-0.4, -0.2) is 15.0 Å². The van der Waals surface area contributed by atoms with E-state index < -0.39 is 0 Å². The molecular weight excluding hydrogens is 264 g/mol. The molecule has 0 N–H and O–H groups in total. The molecule has 0 amide bonds. The Labute approximate surface area is 104 Å². The van der Waals surface area contributed by atoms with E-state index in [-0.39, 0.29) is 0 Å². The van der Waals surface area contributed by atoms with Crippen LogP contribution in [0.1, 0.15) is 24.7 Å². The molecule has 1 aromatic heterocycles. The minimum atomic E-state index is 0.480. The van der Waals surface area contributed by atoms with Crippen molar-refractivity contribution >= 4 is 26.7 Å². The Bertz CT molecular complexity index is 496. The highest BCUT2D eigenvalue weighted by molar-refractivity contribution is 9.09. The molecule has 2 rings (SSSR count). The molecule has 0 radical (unpaired) electrons. The molecule has 84 valence electrons. The molecule has 1 unspecified atom stereocenters. The van der Waals surface area contributed by atoms with E-state index in [1.54, 1.807) is 0 Å². The number of aromatic nitrogens is 2. The van der Waals surface area contributed by atoms with Crippen LogP contribution in [0.15, 0.2) is 24.3 Å². The quantitative estimate of drug-likeness (QED) is 0.801. The Hall–Kier alpha value is -0.960. The van der Waals surface area contributed by atoms with Crippen molar-refractivity contribution in [1.29, 1.82) is 0 Å². The Morgan fingerprint density at radius 3 is 2.56 bits per heavy atom. The lowest BCUT2D eigenvalue weighted by atomic mass is 10.1. The molecule has 0 saturated carbocycles. The molecule has 0 spiro atoms. The zero-order chi connectivity index (χ0) is 11.5. The van der Waals surface area contributed by atoms with Crippen molar-refractivity contribution < 1.29 is 0 Å². The molecule has 0 saturated heterocycles. The number of hydrogen-bond donors (Lipinski definition) is 0. The van der Waals surface area contributed by atoms with Crippen molar-refractivity contribution in [1.82, 2.24) is 10.2 Å². The normalized spacial score (nSPS) is 12.9. The van der Waals surface area contributed by atoms with Gasteiger partial charge in [0.05, 0.1) is 11.4 Å². The Morgan fingerprint density at radius 1 is 1.19 bits per heavy atom. The molecule has 0 fully saturated rings. The molecule has 1 aromatic carbocycles. The molecule has 3 heteroatoms. The highest BCUT2D eigenvalue weighted by Gasteiger charge is 2.09. The topological polar surface area (TPSA) is 25.8 Å². The first kappa shape index (κ1) is 11.5. The van der Waals surface area contributed by atoms with E-state index in [9.17, 15) is 0 Å².